The van der Waals surface area contributed by atoms with E-state index in [4.69, 9.17) is 10.1 Å². The third kappa shape index (κ3) is 3.04. The van der Waals surface area contributed by atoms with Gasteiger partial charge in [-0.3, -0.25) is 9.48 Å². The van der Waals surface area contributed by atoms with Gasteiger partial charge in [-0.1, -0.05) is 12.1 Å². The third-order valence-corrected chi connectivity index (χ3v) is 6.83. The van der Waals surface area contributed by atoms with E-state index in [1.165, 1.54) is 23.2 Å². The van der Waals surface area contributed by atoms with Gasteiger partial charge < -0.3 is 4.90 Å². The molecule has 0 spiro atoms. The molecule has 1 saturated carbocycles. The van der Waals surface area contributed by atoms with E-state index in [1.54, 1.807) is 11.3 Å². The molecule has 5 nitrogen and oxygen atoms in total. The highest BCUT2D eigenvalue weighted by atomic mass is 32.1. The fourth-order valence-electron chi connectivity index (χ4n) is 4.15. The zero-order valence-corrected chi connectivity index (χ0v) is 17.5. The summed E-state index contributed by atoms with van der Waals surface area (Å²) in [4.78, 5) is 20.2. The standard InChI is InChI=1S/C22H26N4OS/c1-22(2,3)26-18(14-10-11-14)13-16(24-26)21(27)25-12-6-8-17(25)20-23-15-7-4-5-9-19(15)28-20/h4-5,7,9,13-14,17H,6,8,10-12H2,1-3H3. The van der Waals surface area contributed by atoms with Gasteiger partial charge in [-0.15, -0.1) is 11.3 Å². The summed E-state index contributed by atoms with van der Waals surface area (Å²) in [6.45, 7) is 7.24. The van der Waals surface area contributed by atoms with Gasteiger partial charge in [-0.05, 0) is 64.7 Å². The number of para-hydroxylation sites is 1. The molecule has 3 heterocycles. The van der Waals surface area contributed by atoms with Crippen LogP contribution < -0.4 is 0 Å². The van der Waals surface area contributed by atoms with Crippen LogP contribution in [0.4, 0.5) is 0 Å². The van der Waals surface area contributed by atoms with E-state index in [-0.39, 0.29) is 17.5 Å². The molecule has 1 amide bonds. The summed E-state index contributed by atoms with van der Waals surface area (Å²) in [6.07, 6.45) is 4.39. The lowest BCUT2D eigenvalue weighted by atomic mass is 10.1. The van der Waals surface area contributed by atoms with Gasteiger partial charge in [0.2, 0.25) is 0 Å². The first-order valence-corrected chi connectivity index (χ1v) is 11.0. The highest BCUT2D eigenvalue weighted by Crippen LogP contribution is 2.42. The number of carbonyl (C=O) groups is 1. The Morgan fingerprint density at radius 2 is 1.96 bits per heavy atom. The number of hydrogen-bond acceptors (Lipinski definition) is 4. The molecule has 0 radical (unpaired) electrons. The van der Waals surface area contributed by atoms with Crippen LogP contribution in [0, 0.1) is 0 Å². The molecule has 0 bridgehead atoms. The first-order chi connectivity index (χ1) is 13.4. The quantitative estimate of drug-likeness (QED) is 0.621. The van der Waals surface area contributed by atoms with Crippen molar-refractivity contribution in [1.29, 1.82) is 0 Å². The van der Waals surface area contributed by atoms with Crippen LogP contribution in [0.3, 0.4) is 0 Å². The first-order valence-electron chi connectivity index (χ1n) is 10.2. The molecule has 1 unspecified atom stereocenters. The minimum atomic E-state index is -0.117. The number of likely N-dealkylation sites (tertiary alicyclic amines) is 1. The number of hydrogen-bond donors (Lipinski definition) is 0. The highest BCUT2D eigenvalue weighted by Gasteiger charge is 2.37. The van der Waals surface area contributed by atoms with Crippen LogP contribution in [0.2, 0.25) is 0 Å². The molecule has 1 aromatic carbocycles. The molecule has 1 atom stereocenters. The summed E-state index contributed by atoms with van der Waals surface area (Å²) in [5, 5.41) is 5.81. The largest absolute Gasteiger partial charge is 0.328 e. The van der Waals surface area contributed by atoms with Gasteiger partial charge >= 0.3 is 0 Å². The van der Waals surface area contributed by atoms with Gasteiger partial charge in [0.15, 0.2) is 5.69 Å². The minimum absolute atomic E-state index is 0.0478. The molecule has 1 aliphatic heterocycles. The molecular weight excluding hydrogens is 368 g/mol. The van der Waals surface area contributed by atoms with Gasteiger partial charge in [0.05, 0.1) is 21.8 Å². The maximum atomic E-state index is 13.4. The van der Waals surface area contributed by atoms with Crippen molar-refractivity contribution >= 4 is 27.5 Å². The molecule has 0 N–H and O–H groups in total. The van der Waals surface area contributed by atoms with E-state index >= 15 is 0 Å². The van der Waals surface area contributed by atoms with Crippen LogP contribution in [0.15, 0.2) is 30.3 Å². The first kappa shape index (κ1) is 17.9. The van der Waals surface area contributed by atoms with Crippen LogP contribution in [0.1, 0.15) is 79.6 Å². The maximum absolute atomic E-state index is 13.4. The van der Waals surface area contributed by atoms with Crippen molar-refractivity contribution in [1.82, 2.24) is 19.7 Å². The Hall–Kier alpha value is -2.21. The second-order valence-corrected chi connectivity index (χ2v) is 10.0. The van der Waals surface area contributed by atoms with Crippen molar-refractivity contribution in [3.8, 4) is 0 Å². The summed E-state index contributed by atoms with van der Waals surface area (Å²) >= 11 is 1.71. The van der Waals surface area contributed by atoms with E-state index < -0.39 is 0 Å². The molecule has 1 saturated heterocycles. The van der Waals surface area contributed by atoms with Crippen LogP contribution in [-0.2, 0) is 5.54 Å². The topological polar surface area (TPSA) is 51.0 Å². The third-order valence-electron chi connectivity index (χ3n) is 5.70. The summed E-state index contributed by atoms with van der Waals surface area (Å²) in [5.41, 5.74) is 2.71. The van der Waals surface area contributed by atoms with Crippen molar-refractivity contribution < 1.29 is 4.79 Å². The normalized spacial score (nSPS) is 20.2. The zero-order valence-electron chi connectivity index (χ0n) is 16.7. The Kier molecular flexibility index (Phi) is 4.09. The molecule has 3 aromatic rings. The number of amides is 1. The number of rotatable bonds is 3. The van der Waals surface area contributed by atoms with Crippen molar-refractivity contribution in [2.75, 3.05) is 6.54 Å². The summed E-state index contributed by atoms with van der Waals surface area (Å²) < 4.78 is 3.26. The maximum Gasteiger partial charge on any atom is 0.274 e. The monoisotopic (exact) mass is 394 g/mol. The van der Waals surface area contributed by atoms with Gasteiger partial charge in [0.25, 0.3) is 5.91 Å². The fraction of sp³-hybridized carbons (Fsp3) is 0.500. The van der Waals surface area contributed by atoms with Crippen LogP contribution in [-0.4, -0.2) is 32.1 Å². The average Bonchev–Trinajstić information content (AvgIpc) is 3.11. The molecule has 28 heavy (non-hydrogen) atoms. The second-order valence-electron chi connectivity index (χ2n) is 8.99. The SMILES string of the molecule is CC(C)(C)n1nc(C(=O)N2CCCC2c2nc3ccccc3s2)cc1C1CC1. The Labute approximate surface area is 169 Å². The Balaban J connectivity index is 1.47. The molecule has 1 aliphatic carbocycles. The Morgan fingerprint density at radius 3 is 2.68 bits per heavy atom. The number of aromatic nitrogens is 3. The van der Waals surface area contributed by atoms with Crippen LogP contribution >= 0.6 is 11.3 Å². The van der Waals surface area contributed by atoms with Gasteiger partial charge in [0.1, 0.15) is 5.01 Å². The number of carbonyl (C=O) groups excluding carboxylic acids is 1. The van der Waals surface area contributed by atoms with Gasteiger partial charge in [0, 0.05) is 18.2 Å². The van der Waals surface area contributed by atoms with E-state index in [2.05, 4.69) is 31.5 Å². The van der Waals surface area contributed by atoms with E-state index in [9.17, 15) is 4.79 Å². The molecule has 5 rings (SSSR count). The summed E-state index contributed by atoms with van der Waals surface area (Å²) in [7, 11) is 0. The number of benzene rings is 1. The smallest absolute Gasteiger partial charge is 0.274 e. The van der Waals surface area contributed by atoms with Crippen molar-refractivity contribution in [3.63, 3.8) is 0 Å². The predicted molar refractivity (Wildman–Crippen MR) is 112 cm³/mol. The molecule has 2 aliphatic rings. The molecule has 146 valence electrons. The van der Waals surface area contributed by atoms with Crippen molar-refractivity contribution in [2.24, 2.45) is 0 Å². The van der Waals surface area contributed by atoms with Crippen molar-refractivity contribution in [3.05, 3.63) is 46.7 Å². The molecular formula is C22H26N4OS. The number of nitrogens with zero attached hydrogens (tertiary/aromatic N) is 4. The van der Waals surface area contributed by atoms with Gasteiger partial charge in [-0.25, -0.2) is 4.98 Å². The predicted octanol–water partition coefficient (Wildman–Crippen LogP) is 5.10. The van der Waals surface area contributed by atoms with Crippen molar-refractivity contribution in [2.45, 2.75) is 64.0 Å². The Morgan fingerprint density at radius 1 is 1.18 bits per heavy atom. The van der Waals surface area contributed by atoms with Gasteiger partial charge in [-0.2, -0.15) is 5.10 Å². The lowest BCUT2D eigenvalue weighted by Crippen LogP contribution is -2.31. The molecule has 2 fully saturated rings. The average molecular weight is 395 g/mol. The summed E-state index contributed by atoms with van der Waals surface area (Å²) in [6, 6.07) is 10.3. The fourth-order valence-corrected chi connectivity index (χ4v) is 5.27. The summed E-state index contributed by atoms with van der Waals surface area (Å²) in [5.74, 6) is 0.610. The van der Waals surface area contributed by atoms with E-state index in [1.807, 2.05) is 29.2 Å². The highest BCUT2D eigenvalue weighted by molar-refractivity contribution is 7.18. The molecule has 2 aromatic heterocycles. The van der Waals surface area contributed by atoms with Crippen LogP contribution in [0.5, 0.6) is 0 Å². The van der Waals surface area contributed by atoms with E-state index in [0.717, 1.165) is 29.9 Å². The second kappa shape index (κ2) is 6.41. The number of thiazole rings is 1. The lowest BCUT2D eigenvalue weighted by molar-refractivity contribution is 0.0728. The lowest BCUT2D eigenvalue weighted by Gasteiger charge is -2.23. The zero-order chi connectivity index (χ0) is 19.5. The minimum Gasteiger partial charge on any atom is -0.328 e. The molecule has 6 heteroatoms. The Bertz CT molecular complexity index is 1010. The number of fused-ring (bicyclic) bond motifs is 1. The van der Waals surface area contributed by atoms with E-state index in [0.29, 0.717) is 11.6 Å². The van der Waals surface area contributed by atoms with Crippen LogP contribution in [0.25, 0.3) is 10.2 Å².